The Bertz CT molecular complexity index is 542. The summed E-state index contributed by atoms with van der Waals surface area (Å²) in [5.41, 5.74) is -0.139. The molecule has 0 saturated carbocycles. The summed E-state index contributed by atoms with van der Waals surface area (Å²) < 4.78 is 18.4. The second-order valence-corrected chi connectivity index (χ2v) is 7.09. The summed E-state index contributed by atoms with van der Waals surface area (Å²) in [5, 5.41) is 10.5. The lowest BCUT2D eigenvalue weighted by atomic mass is 9.91. The summed E-state index contributed by atoms with van der Waals surface area (Å²) in [4.78, 5) is 18.0. The van der Waals surface area contributed by atoms with Crippen LogP contribution in [0.25, 0.3) is 0 Å². The van der Waals surface area contributed by atoms with Crippen molar-refractivity contribution < 1.29 is 19.0 Å². The summed E-state index contributed by atoms with van der Waals surface area (Å²) >= 11 is 0. The summed E-state index contributed by atoms with van der Waals surface area (Å²) in [6, 6.07) is 2.63. The maximum absolute atomic E-state index is 13.0. The Balaban J connectivity index is 2.09. The van der Waals surface area contributed by atoms with Gasteiger partial charge >= 0.3 is 6.09 Å². The van der Waals surface area contributed by atoms with E-state index in [9.17, 15) is 14.3 Å². The molecule has 3 atom stereocenters. The summed E-state index contributed by atoms with van der Waals surface area (Å²) in [5.74, 6) is -0.659. The fourth-order valence-electron chi connectivity index (χ4n) is 2.93. The minimum absolute atomic E-state index is 0.119. The van der Waals surface area contributed by atoms with Gasteiger partial charge in [0.15, 0.2) is 0 Å². The fraction of sp³-hybridized carbons (Fsp3) is 0.647. The van der Waals surface area contributed by atoms with Crippen LogP contribution >= 0.6 is 0 Å². The number of carbonyl (C=O) groups is 1. The highest BCUT2D eigenvalue weighted by Crippen LogP contribution is 2.33. The van der Waals surface area contributed by atoms with E-state index < -0.39 is 17.5 Å². The van der Waals surface area contributed by atoms with Crippen molar-refractivity contribution >= 4 is 6.09 Å². The van der Waals surface area contributed by atoms with E-state index in [0.29, 0.717) is 12.2 Å². The first-order valence-corrected chi connectivity index (χ1v) is 7.98. The van der Waals surface area contributed by atoms with Gasteiger partial charge in [-0.1, -0.05) is 6.92 Å². The van der Waals surface area contributed by atoms with Crippen molar-refractivity contribution in [2.75, 3.05) is 6.54 Å². The van der Waals surface area contributed by atoms with Crippen molar-refractivity contribution in [3.63, 3.8) is 0 Å². The second kappa shape index (κ2) is 6.83. The molecule has 1 aliphatic heterocycles. The number of aliphatic hydroxyl groups excluding tert-OH is 1. The Morgan fingerprint density at radius 1 is 1.48 bits per heavy atom. The van der Waals surface area contributed by atoms with E-state index in [4.69, 9.17) is 4.74 Å². The molecule has 3 unspecified atom stereocenters. The number of aromatic nitrogens is 1. The van der Waals surface area contributed by atoms with E-state index in [1.807, 2.05) is 27.7 Å². The van der Waals surface area contributed by atoms with Crippen LogP contribution in [0.15, 0.2) is 18.3 Å². The molecule has 1 aromatic heterocycles. The number of ether oxygens (including phenoxy) is 1. The number of nitrogens with zero attached hydrogens (tertiary/aromatic N) is 2. The molecule has 6 heteroatoms. The molecular weight excluding hydrogens is 299 g/mol. The second-order valence-electron chi connectivity index (χ2n) is 7.09. The van der Waals surface area contributed by atoms with Crippen LogP contribution < -0.4 is 0 Å². The molecule has 1 aromatic rings. The molecule has 0 spiro atoms. The summed E-state index contributed by atoms with van der Waals surface area (Å²) in [6.07, 6.45) is 1.55. The Morgan fingerprint density at radius 2 is 2.17 bits per heavy atom. The van der Waals surface area contributed by atoms with E-state index in [2.05, 4.69) is 4.98 Å². The molecule has 1 amide bonds. The highest BCUT2D eigenvalue weighted by Gasteiger charge is 2.38. The SMILES string of the molecule is CC(C(O)c1ccc(F)cn1)C1CCCN1C(=O)OC(C)(C)C. The zero-order valence-electron chi connectivity index (χ0n) is 14.1. The van der Waals surface area contributed by atoms with Crippen molar-refractivity contribution in [2.24, 2.45) is 5.92 Å². The van der Waals surface area contributed by atoms with E-state index in [0.717, 1.165) is 19.0 Å². The normalized spacial score (nSPS) is 21.1. The van der Waals surface area contributed by atoms with Crippen molar-refractivity contribution in [3.8, 4) is 0 Å². The monoisotopic (exact) mass is 324 g/mol. The Hall–Kier alpha value is -1.69. The predicted octanol–water partition coefficient (Wildman–Crippen LogP) is 3.29. The van der Waals surface area contributed by atoms with Crippen LogP contribution in [0.4, 0.5) is 9.18 Å². The molecule has 23 heavy (non-hydrogen) atoms. The van der Waals surface area contributed by atoms with Gasteiger partial charge in [0.1, 0.15) is 17.5 Å². The van der Waals surface area contributed by atoms with E-state index in [-0.39, 0.29) is 18.1 Å². The first-order chi connectivity index (χ1) is 10.7. The molecule has 1 aliphatic rings. The number of aliphatic hydroxyl groups is 1. The smallest absolute Gasteiger partial charge is 0.410 e. The lowest BCUT2D eigenvalue weighted by Gasteiger charge is -2.33. The van der Waals surface area contributed by atoms with Crippen LogP contribution in [0.5, 0.6) is 0 Å². The van der Waals surface area contributed by atoms with Crippen molar-refractivity contribution in [1.82, 2.24) is 9.88 Å². The maximum atomic E-state index is 13.0. The van der Waals surface area contributed by atoms with Gasteiger partial charge in [0.2, 0.25) is 0 Å². The molecule has 1 fully saturated rings. The number of pyridine rings is 1. The number of rotatable bonds is 3. The van der Waals surface area contributed by atoms with Crippen LogP contribution in [0.3, 0.4) is 0 Å². The van der Waals surface area contributed by atoms with Crippen LogP contribution in [-0.4, -0.2) is 39.3 Å². The highest BCUT2D eigenvalue weighted by molar-refractivity contribution is 5.69. The molecular formula is C17H25FN2O3. The fourth-order valence-corrected chi connectivity index (χ4v) is 2.93. The van der Waals surface area contributed by atoms with Crippen molar-refractivity contribution in [1.29, 1.82) is 0 Å². The third-order valence-corrected chi connectivity index (χ3v) is 4.09. The van der Waals surface area contributed by atoms with E-state index in [1.54, 1.807) is 4.90 Å². The van der Waals surface area contributed by atoms with Crippen LogP contribution in [-0.2, 0) is 4.74 Å². The quantitative estimate of drug-likeness (QED) is 0.927. The largest absolute Gasteiger partial charge is 0.444 e. The third-order valence-electron chi connectivity index (χ3n) is 4.09. The molecule has 0 aromatic carbocycles. The van der Waals surface area contributed by atoms with Gasteiger partial charge in [-0.25, -0.2) is 9.18 Å². The number of amides is 1. The Labute approximate surface area is 136 Å². The first-order valence-electron chi connectivity index (χ1n) is 7.98. The van der Waals surface area contributed by atoms with Crippen molar-refractivity contribution in [2.45, 2.75) is 58.3 Å². The Morgan fingerprint density at radius 3 is 2.74 bits per heavy atom. The molecule has 0 bridgehead atoms. The van der Waals surface area contributed by atoms with Gasteiger partial charge in [0, 0.05) is 18.5 Å². The van der Waals surface area contributed by atoms with Crippen LogP contribution in [0.1, 0.15) is 52.3 Å². The zero-order valence-corrected chi connectivity index (χ0v) is 14.1. The van der Waals surface area contributed by atoms with Crippen LogP contribution in [0.2, 0.25) is 0 Å². The topological polar surface area (TPSA) is 62.7 Å². The molecule has 2 rings (SSSR count). The third kappa shape index (κ3) is 4.41. The van der Waals surface area contributed by atoms with E-state index in [1.165, 1.54) is 12.1 Å². The predicted molar refractivity (Wildman–Crippen MR) is 84.3 cm³/mol. The summed E-state index contributed by atoms with van der Waals surface area (Å²) in [6.45, 7) is 7.99. The molecule has 5 nitrogen and oxygen atoms in total. The molecule has 1 N–H and O–H groups in total. The number of likely N-dealkylation sites (tertiary alicyclic amines) is 1. The van der Waals surface area contributed by atoms with Gasteiger partial charge < -0.3 is 14.7 Å². The molecule has 128 valence electrons. The maximum Gasteiger partial charge on any atom is 0.410 e. The average molecular weight is 324 g/mol. The van der Waals surface area contributed by atoms with Gasteiger partial charge in [-0.2, -0.15) is 0 Å². The minimum atomic E-state index is -0.858. The number of halogens is 1. The van der Waals surface area contributed by atoms with Gasteiger partial charge in [0.05, 0.1) is 11.9 Å². The van der Waals surface area contributed by atoms with E-state index >= 15 is 0 Å². The minimum Gasteiger partial charge on any atom is -0.444 e. The average Bonchev–Trinajstić information content (AvgIpc) is 2.94. The lowest BCUT2D eigenvalue weighted by molar-refractivity contribution is 0.00612. The number of hydrogen-bond donors (Lipinski definition) is 1. The zero-order chi connectivity index (χ0) is 17.2. The van der Waals surface area contributed by atoms with Gasteiger partial charge in [-0.15, -0.1) is 0 Å². The van der Waals surface area contributed by atoms with Gasteiger partial charge in [-0.05, 0) is 45.7 Å². The number of carbonyl (C=O) groups excluding carboxylic acids is 1. The summed E-state index contributed by atoms with van der Waals surface area (Å²) in [7, 11) is 0. The van der Waals surface area contributed by atoms with Crippen LogP contribution in [0, 0.1) is 11.7 Å². The number of hydrogen-bond acceptors (Lipinski definition) is 4. The first kappa shape index (κ1) is 17.7. The lowest BCUT2D eigenvalue weighted by Crippen LogP contribution is -2.43. The Kier molecular flexibility index (Phi) is 5.24. The molecule has 1 saturated heterocycles. The highest BCUT2D eigenvalue weighted by atomic mass is 19.1. The standard InChI is InChI=1S/C17H25FN2O3/c1-11(15(21)13-8-7-12(18)10-19-13)14-6-5-9-20(14)16(22)23-17(2,3)4/h7-8,10-11,14-15,21H,5-6,9H2,1-4H3. The molecule has 0 aliphatic carbocycles. The molecule has 0 radical (unpaired) electrons. The molecule has 2 heterocycles. The van der Waals surface area contributed by atoms with Gasteiger partial charge in [0.25, 0.3) is 0 Å². The van der Waals surface area contributed by atoms with Crippen molar-refractivity contribution in [3.05, 3.63) is 29.8 Å². The van der Waals surface area contributed by atoms with Gasteiger partial charge in [-0.3, -0.25) is 4.98 Å².